The van der Waals surface area contributed by atoms with Gasteiger partial charge in [0.2, 0.25) is 0 Å². The lowest BCUT2D eigenvalue weighted by Crippen LogP contribution is -2.13. The van der Waals surface area contributed by atoms with Gasteiger partial charge in [-0.25, -0.2) is 0 Å². The van der Waals surface area contributed by atoms with Crippen molar-refractivity contribution < 1.29 is 0 Å². The first kappa shape index (κ1) is 8.28. The Morgan fingerprint density at radius 3 is 2.64 bits per heavy atom. The minimum Gasteiger partial charge on any atom is -0.0801 e. The molecule has 0 spiro atoms. The summed E-state index contributed by atoms with van der Waals surface area (Å²) < 4.78 is 0. The molecule has 0 aromatic carbocycles. The number of rotatable bonds is 2. The highest BCUT2D eigenvalue weighted by molar-refractivity contribution is 5.50. The molecule has 0 aliphatic heterocycles. The molecule has 3 rings (SSSR count). The fourth-order valence-corrected chi connectivity index (χ4v) is 2.61. The maximum Gasteiger partial charge on any atom is -0.00885 e. The van der Waals surface area contributed by atoms with E-state index < -0.39 is 0 Å². The Morgan fingerprint density at radius 1 is 1.07 bits per heavy atom. The molecule has 1 saturated carbocycles. The molecule has 0 unspecified atom stereocenters. The van der Waals surface area contributed by atoms with Gasteiger partial charge in [0.25, 0.3) is 0 Å². The predicted molar refractivity (Wildman–Crippen MR) is 60.0 cm³/mol. The molecule has 0 bridgehead atoms. The van der Waals surface area contributed by atoms with Crippen LogP contribution in [-0.4, -0.2) is 0 Å². The molecular weight excluding hydrogens is 168 g/mol. The maximum atomic E-state index is 2.37. The van der Waals surface area contributed by atoms with E-state index in [1.54, 1.807) is 16.7 Å². The van der Waals surface area contributed by atoms with Crippen LogP contribution in [0.1, 0.15) is 32.1 Å². The van der Waals surface area contributed by atoms with Crippen LogP contribution in [0.4, 0.5) is 0 Å². The van der Waals surface area contributed by atoms with Gasteiger partial charge in [-0.2, -0.15) is 0 Å². The summed E-state index contributed by atoms with van der Waals surface area (Å²) >= 11 is 0. The van der Waals surface area contributed by atoms with E-state index in [1.807, 2.05) is 0 Å². The van der Waals surface area contributed by atoms with Gasteiger partial charge in [0.05, 0.1) is 0 Å². The third kappa shape index (κ3) is 1.21. The van der Waals surface area contributed by atoms with Crippen LogP contribution in [0.3, 0.4) is 0 Å². The molecule has 0 heteroatoms. The molecule has 72 valence electrons. The van der Waals surface area contributed by atoms with Gasteiger partial charge in [-0.05, 0) is 48.3 Å². The quantitative estimate of drug-likeness (QED) is 0.610. The SMILES string of the molecule is C1=CCC(C2=C(C3CCC3)C=CC2)=C1. The Bertz CT molecular complexity index is 359. The van der Waals surface area contributed by atoms with Gasteiger partial charge in [0.1, 0.15) is 0 Å². The molecule has 0 heterocycles. The number of allylic oxidation sites excluding steroid dienone is 8. The molecule has 3 aliphatic carbocycles. The van der Waals surface area contributed by atoms with E-state index in [-0.39, 0.29) is 0 Å². The molecule has 0 aromatic rings. The molecule has 0 aromatic heterocycles. The third-order valence-corrected chi connectivity index (χ3v) is 3.67. The number of hydrogen-bond donors (Lipinski definition) is 0. The van der Waals surface area contributed by atoms with Crippen LogP contribution >= 0.6 is 0 Å². The lowest BCUT2D eigenvalue weighted by atomic mass is 9.77. The average molecular weight is 184 g/mol. The molecule has 0 nitrogen and oxygen atoms in total. The zero-order valence-corrected chi connectivity index (χ0v) is 8.50. The molecule has 0 amide bonds. The summed E-state index contributed by atoms with van der Waals surface area (Å²) in [5.41, 5.74) is 4.86. The van der Waals surface area contributed by atoms with Crippen molar-refractivity contribution >= 4 is 0 Å². The second kappa shape index (κ2) is 3.27. The lowest BCUT2D eigenvalue weighted by Gasteiger charge is -2.27. The van der Waals surface area contributed by atoms with Gasteiger partial charge in [-0.1, -0.05) is 36.8 Å². The van der Waals surface area contributed by atoms with E-state index in [2.05, 4.69) is 30.4 Å². The van der Waals surface area contributed by atoms with Crippen LogP contribution in [0, 0.1) is 5.92 Å². The fourth-order valence-electron chi connectivity index (χ4n) is 2.61. The summed E-state index contributed by atoms with van der Waals surface area (Å²) in [6.45, 7) is 0. The van der Waals surface area contributed by atoms with Crippen LogP contribution in [-0.2, 0) is 0 Å². The molecular formula is C14H16. The minimum atomic E-state index is 0.894. The van der Waals surface area contributed by atoms with Gasteiger partial charge in [-0.3, -0.25) is 0 Å². The van der Waals surface area contributed by atoms with Crippen molar-refractivity contribution in [1.82, 2.24) is 0 Å². The smallest absolute Gasteiger partial charge is 0.00885 e. The van der Waals surface area contributed by atoms with Crippen LogP contribution < -0.4 is 0 Å². The van der Waals surface area contributed by atoms with E-state index in [0.717, 1.165) is 12.3 Å². The lowest BCUT2D eigenvalue weighted by molar-refractivity contribution is 0.373. The van der Waals surface area contributed by atoms with Crippen molar-refractivity contribution in [3.63, 3.8) is 0 Å². The minimum absolute atomic E-state index is 0.894. The van der Waals surface area contributed by atoms with Crippen LogP contribution in [0.5, 0.6) is 0 Å². The van der Waals surface area contributed by atoms with Gasteiger partial charge >= 0.3 is 0 Å². The Balaban J connectivity index is 1.89. The molecule has 0 N–H and O–H groups in total. The maximum absolute atomic E-state index is 2.37. The molecule has 0 radical (unpaired) electrons. The van der Waals surface area contributed by atoms with Crippen molar-refractivity contribution in [1.29, 1.82) is 0 Å². The largest absolute Gasteiger partial charge is 0.0801 e. The van der Waals surface area contributed by atoms with Crippen LogP contribution in [0.25, 0.3) is 0 Å². The van der Waals surface area contributed by atoms with Crippen molar-refractivity contribution in [2.45, 2.75) is 32.1 Å². The monoisotopic (exact) mass is 184 g/mol. The van der Waals surface area contributed by atoms with Crippen molar-refractivity contribution in [2.75, 3.05) is 0 Å². The topological polar surface area (TPSA) is 0 Å². The van der Waals surface area contributed by atoms with E-state index in [9.17, 15) is 0 Å². The Labute approximate surface area is 85.7 Å². The van der Waals surface area contributed by atoms with Crippen molar-refractivity contribution in [3.05, 3.63) is 47.1 Å². The zero-order valence-electron chi connectivity index (χ0n) is 8.50. The van der Waals surface area contributed by atoms with E-state index >= 15 is 0 Å². The van der Waals surface area contributed by atoms with E-state index in [0.29, 0.717) is 0 Å². The number of hydrogen-bond acceptors (Lipinski definition) is 0. The highest BCUT2D eigenvalue weighted by Crippen LogP contribution is 2.41. The summed E-state index contributed by atoms with van der Waals surface area (Å²) in [6.07, 6.45) is 18.1. The van der Waals surface area contributed by atoms with Gasteiger partial charge < -0.3 is 0 Å². The molecule has 14 heavy (non-hydrogen) atoms. The van der Waals surface area contributed by atoms with Crippen molar-refractivity contribution in [2.24, 2.45) is 5.92 Å². The molecule has 1 fully saturated rings. The first-order chi connectivity index (χ1) is 6.95. The normalized spacial score (nSPS) is 25.9. The first-order valence-corrected chi connectivity index (χ1v) is 5.71. The van der Waals surface area contributed by atoms with Gasteiger partial charge in [-0.15, -0.1) is 0 Å². The molecule has 0 saturated heterocycles. The third-order valence-electron chi connectivity index (χ3n) is 3.67. The average Bonchev–Trinajstić information content (AvgIpc) is 2.66. The summed E-state index contributed by atoms with van der Waals surface area (Å²) in [4.78, 5) is 0. The second-order valence-electron chi connectivity index (χ2n) is 4.49. The van der Waals surface area contributed by atoms with E-state index in [4.69, 9.17) is 0 Å². The summed E-state index contributed by atoms with van der Waals surface area (Å²) in [5.74, 6) is 0.894. The summed E-state index contributed by atoms with van der Waals surface area (Å²) in [5, 5.41) is 0. The Hall–Kier alpha value is -1.04. The van der Waals surface area contributed by atoms with Crippen LogP contribution in [0.2, 0.25) is 0 Å². The second-order valence-corrected chi connectivity index (χ2v) is 4.49. The first-order valence-electron chi connectivity index (χ1n) is 5.71. The van der Waals surface area contributed by atoms with Gasteiger partial charge in [0, 0.05) is 0 Å². The van der Waals surface area contributed by atoms with E-state index in [1.165, 1.54) is 25.7 Å². The highest BCUT2D eigenvalue weighted by atomic mass is 14.3. The molecule has 0 atom stereocenters. The highest BCUT2D eigenvalue weighted by Gasteiger charge is 2.25. The summed E-state index contributed by atoms with van der Waals surface area (Å²) in [6, 6.07) is 0. The van der Waals surface area contributed by atoms with Crippen molar-refractivity contribution in [3.8, 4) is 0 Å². The molecule has 3 aliphatic rings. The zero-order chi connectivity index (χ0) is 9.38. The standard InChI is InChI=1S/C14H16/c1-2-6-11(5-1)13-9-4-10-14(13)12-7-3-8-12/h1-2,4-5,10,12H,3,6-9H2. The Kier molecular flexibility index (Phi) is 1.93. The van der Waals surface area contributed by atoms with Gasteiger partial charge in [0.15, 0.2) is 0 Å². The summed E-state index contributed by atoms with van der Waals surface area (Å²) in [7, 11) is 0. The Morgan fingerprint density at radius 2 is 2.00 bits per heavy atom. The predicted octanol–water partition coefficient (Wildman–Crippen LogP) is 3.93. The fraction of sp³-hybridized carbons (Fsp3) is 0.429. The van der Waals surface area contributed by atoms with Crippen LogP contribution in [0.15, 0.2) is 47.1 Å².